The van der Waals surface area contributed by atoms with E-state index in [0.717, 1.165) is 36.3 Å². The van der Waals surface area contributed by atoms with Gasteiger partial charge in [-0.2, -0.15) is 0 Å². The number of amides is 1. The van der Waals surface area contributed by atoms with Crippen LogP contribution in [0.5, 0.6) is 0 Å². The van der Waals surface area contributed by atoms with E-state index in [9.17, 15) is 4.79 Å². The van der Waals surface area contributed by atoms with Gasteiger partial charge in [-0.05, 0) is 41.5 Å². The first-order chi connectivity index (χ1) is 14.7. The van der Waals surface area contributed by atoms with Crippen molar-refractivity contribution in [1.29, 1.82) is 0 Å². The summed E-state index contributed by atoms with van der Waals surface area (Å²) in [6.45, 7) is 0.362. The first-order valence-corrected chi connectivity index (χ1v) is 11.4. The van der Waals surface area contributed by atoms with Crippen molar-refractivity contribution in [2.45, 2.75) is 43.7 Å². The zero-order valence-corrected chi connectivity index (χ0v) is 17.4. The van der Waals surface area contributed by atoms with Gasteiger partial charge in [0, 0.05) is 18.4 Å². The first kappa shape index (κ1) is 18.0. The minimum absolute atomic E-state index is 0.0537. The number of aromatic nitrogens is 1. The maximum absolute atomic E-state index is 13.3. The summed E-state index contributed by atoms with van der Waals surface area (Å²) in [6.07, 6.45) is 3.65. The molecule has 2 bridgehead atoms. The summed E-state index contributed by atoms with van der Waals surface area (Å²) in [6, 6.07) is 17.1. The molecule has 3 aliphatic rings. The molecule has 1 aromatic heterocycles. The number of nitrogens with two attached hydrogens (primary N) is 1. The molecule has 2 aromatic carbocycles. The van der Waals surface area contributed by atoms with E-state index in [-0.39, 0.29) is 24.1 Å². The van der Waals surface area contributed by atoms with Gasteiger partial charge in [0.1, 0.15) is 6.61 Å². The maximum Gasteiger partial charge on any atom is 0.410 e. The standard InChI is InChI=1S/C24H23N3O2S/c25-23-26-20-12-14-6-5-11-21(22(20)30-23)27(14)24(28)29-13-19-17-9-3-1-7-15(17)16-8-2-4-10-18(16)19/h1-4,7-10,14,19,21H,5-6,11-13H2,(H2,25,26). The largest absolute Gasteiger partial charge is 0.448 e. The normalized spacial score (nSPS) is 21.7. The summed E-state index contributed by atoms with van der Waals surface area (Å²) in [4.78, 5) is 20.9. The van der Waals surface area contributed by atoms with Crippen LogP contribution in [-0.2, 0) is 11.2 Å². The highest BCUT2D eigenvalue weighted by atomic mass is 32.1. The Labute approximate surface area is 179 Å². The highest BCUT2D eigenvalue weighted by molar-refractivity contribution is 7.15. The highest BCUT2D eigenvalue weighted by Crippen LogP contribution is 2.47. The molecule has 3 aromatic rings. The molecular formula is C24H23N3O2S. The zero-order chi connectivity index (χ0) is 20.2. The molecule has 6 heteroatoms. The van der Waals surface area contributed by atoms with E-state index in [2.05, 4.69) is 53.5 Å². The molecule has 1 amide bonds. The Morgan fingerprint density at radius 1 is 1.10 bits per heavy atom. The summed E-state index contributed by atoms with van der Waals surface area (Å²) in [5.41, 5.74) is 12.0. The number of piperidine rings is 1. The van der Waals surface area contributed by atoms with Gasteiger partial charge in [-0.3, -0.25) is 4.90 Å². The zero-order valence-electron chi connectivity index (χ0n) is 16.6. The molecule has 5 nitrogen and oxygen atoms in total. The molecule has 0 radical (unpaired) electrons. The van der Waals surface area contributed by atoms with E-state index in [4.69, 9.17) is 10.5 Å². The Hall–Kier alpha value is -2.86. The van der Waals surface area contributed by atoms with Crippen LogP contribution < -0.4 is 5.73 Å². The topological polar surface area (TPSA) is 68.5 Å². The number of nitrogen functional groups attached to an aromatic ring is 1. The lowest BCUT2D eigenvalue weighted by Crippen LogP contribution is -2.49. The van der Waals surface area contributed by atoms with Gasteiger partial charge in [0.25, 0.3) is 0 Å². The van der Waals surface area contributed by atoms with Crippen molar-refractivity contribution in [2.75, 3.05) is 12.3 Å². The van der Waals surface area contributed by atoms with Crippen LogP contribution in [0.1, 0.15) is 52.9 Å². The molecule has 30 heavy (non-hydrogen) atoms. The van der Waals surface area contributed by atoms with Crippen LogP contribution in [-0.4, -0.2) is 28.6 Å². The van der Waals surface area contributed by atoms with Crippen LogP contribution in [0.4, 0.5) is 9.93 Å². The van der Waals surface area contributed by atoms with Gasteiger partial charge >= 0.3 is 6.09 Å². The fourth-order valence-corrected chi connectivity index (χ4v) is 6.49. The number of hydrogen-bond acceptors (Lipinski definition) is 5. The van der Waals surface area contributed by atoms with E-state index in [0.29, 0.717) is 11.7 Å². The lowest BCUT2D eigenvalue weighted by molar-refractivity contribution is 0.0381. The molecule has 2 unspecified atom stereocenters. The monoisotopic (exact) mass is 417 g/mol. The molecule has 2 atom stereocenters. The summed E-state index contributed by atoms with van der Waals surface area (Å²) in [7, 11) is 0. The van der Waals surface area contributed by atoms with Crippen molar-refractivity contribution in [2.24, 2.45) is 0 Å². The Morgan fingerprint density at radius 3 is 2.53 bits per heavy atom. The number of ether oxygens (including phenoxy) is 1. The molecule has 3 heterocycles. The number of rotatable bonds is 2. The van der Waals surface area contributed by atoms with Crippen LogP contribution in [0.25, 0.3) is 11.1 Å². The number of fused-ring (bicyclic) bond motifs is 7. The average molecular weight is 418 g/mol. The van der Waals surface area contributed by atoms with E-state index in [1.807, 2.05) is 4.90 Å². The van der Waals surface area contributed by atoms with Gasteiger partial charge in [0.15, 0.2) is 5.13 Å². The van der Waals surface area contributed by atoms with Gasteiger partial charge in [0.05, 0.1) is 16.6 Å². The molecule has 1 aliphatic carbocycles. The fourth-order valence-electron chi connectivity index (χ4n) is 5.49. The van der Waals surface area contributed by atoms with Crippen molar-refractivity contribution in [3.8, 4) is 11.1 Å². The van der Waals surface area contributed by atoms with Gasteiger partial charge in [-0.15, -0.1) is 0 Å². The van der Waals surface area contributed by atoms with Crippen molar-refractivity contribution in [1.82, 2.24) is 9.88 Å². The Kier molecular flexibility index (Phi) is 4.09. The van der Waals surface area contributed by atoms with Gasteiger partial charge in [0.2, 0.25) is 0 Å². The Balaban J connectivity index is 1.26. The van der Waals surface area contributed by atoms with Crippen LogP contribution >= 0.6 is 11.3 Å². The quantitative estimate of drug-likeness (QED) is 0.628. The van der Waals surface area contributed by atoms with Crippen molar-refractivity contribution in [3.63, 3.8) is 0 Å². The summed E-state index contributed by atoms with van der Waals surface area (Å²) >= 11 is 1.52. The third kappa shape index (κ3) is 2.67. The molecule has 1 fully saturated rings. The third-order valence-electron chi connectivity index (χ3n) is 6.77. The van der Waals surface area contributed by atoms with Crippen LogP contribution in [0, 0.1) is 0 Å². The van der Waals surface area contributed by atoms with Crippen molar-refractivity contribution < 1.29 is 9.53 Å². The highest BCUT2D eigenvalue weighted by Gasteiger charge is 2.43. The lowest BCUT2D eigenvalue weighted by atomic mass is 9.86. The Bertz CT molecular complexity index is 1100. The van der Waals surface area contributed by atoms with E-state index in [1.165, 1.54) is 33.6 Å². The maximum atomic E-state index is 13.3. The predicted molar refractivity (Wildman–Crippen MR) is 118 cm³/mol. The smallest absolute Gasteiger partial charge is 0.410 e. The van der Waals surface area contributed by atoms with E-state index >= 15 is 0 Å². The number of carbonyl (C=O) groups excluding carboxylic acids is 1. The molecule has 0 saturated carbocycles. The van der Waals surface area contributed by atoms with E-state index < -0.39 is 0 Å². The molecule has 1 saturated heterocycles. The third-order valence-corrected chi connectivity index (χ3v) is 7.79. The molecular weight excluding hydrogens is 394 g/mol. The molecule has 152 valence electrons. The number of hydrogen-bond donors (Lipinski definition) is 1. The molecule has 2 N–H and O–H groups in total. The SMILES string of the molecule is Nc1nc2c(s1)C1CCCC(C2)N1C(=O)OCC1c2ccccc2-c2ccccc21. The number of nitrogens with zero attached hydrogens (tertiary/aromatic N) is 2. The number of anilines is 1. The van der Waals surface area contributed by atoms with Gasteiger partial charge in [-0.1, -0.05) is 59.9 Å². The second-order valence-corrected chi connectivity index (χ2v) is 9.44. The van der Waals surface area contributed by atoms with Crippen molar-refractivity contribution in [3.05, 3.63) is 70.2 Å². The molecule has 2 aliphatic heterocycles. The Morgan fingerprint density at radius 2 is 1.80 bits per heavy atom. The minimum Gasteiger partial charge on any atom is -0.448 e. The summed E-state index contributed by atoms with van der Waals surface area (Å²) in [5.74, 6) is 0.0839. The van der Waals surface area contributed by atoms with E-state index in [1.54, 1.807) is 0 Å². The summed E-state index contributed by atoms with van der Waals surface area (Å²) < 4.78 is 5.98. The van der Waals surface area contributed by atoms with Crippen LogP contribution in [0.15, 0.2) is 48.5 Å². The second-order valence-electron chi connectivity index (χ2n) is 8.38. The molecule has 0 spiro atoms. The first-order valence-electron chi connectivity index (χ1n) is 10.6. The van der Waals surface area contributed by atoms with Gasteiger partial charge in [-0.25, -0.2) is 9.78 Å². The molecule has 6 rings (SSSR count). The summed E-state index contributed by atoms with van der Waals surface area (Å²) in [5, 5.41) is 0.597. The van der Waals surface area contributed by atoms with Crippen molar-refractivity contribution >= 4 is 22.6 Å². The van der Waals surface area contributed by atoms with Crippen LogP contribution in [0.3, 0.4) is 0 Å². The average Bonchev–Trinajstić information content (AvgIpc) is 3.29. The minimum atomic E-state index is -0.204. The predicted octanol–water partition coefficient (Wildman–Crippen LogP) is 5.13. The lowest BCUT2D eigenvalue weighted by Gasteiger charge is -2.44. The second kappa shape index (κ2) is 6.84. The number of thiazole rings is 1. The van der Waals surface area contributed by atoms with Gasteiger partial charge < -0.3 is 10.5 Å². The number of benzene rings is 2. The van der Waals surface area contributed by atoms with Crippen LogP contribution in [0.2, 0.25) is 0 Å². The fraction of sp³-hybridized carbons (Fsp3) is 0.333. The number of carbonyl (C=O) groups is 1.